The normalized spacial score (nSPS) is 27.1. The summed E-state index contributed by atoms with van der Waals surface area (Å²) in [5.41, 5.74) is 2.52. The molecule has 1 aliphatic rings. The first kappa shape index (κ1) is 15.4. The van der Waals surface area contributed by atoms with E-state index >= 15 is 0 Å². The van der Waals surface area contributed by atoms with E-state index in [0.717, 1.165) is 37.2 Å². The summed E-state index contributed by atoms with van der Waals surface area (Å²) in [4.78, 5) is 2.57. The molecular weight excluding hydrogens is 248 g/mol. The zero-order valence-electron chi connectivity index (χ0n) is 13.9. The van der Waals surface area contributed by atoms with Crippen LogP contribution < -0.4 is 10.2 Å². The smallest absolute Gasteiger partial charge is 0.131 e. The van der Waals surface area contributed by atoms with Gasteiger partial charge >= 0.3 is 0 Å². The number of hydrogen-bond donors (Lipinski definition) is 1. The van der Waals surface area contributed by atoms with E-state index in [-0.39, 0.29) is 0 Å². The molecule has 1 fully saturated rings. The van der Waals surface area contributed by atoms with Crippen molar-refractivity contribution >= 4 is 5.82 Å². The van der Waals surface area contributed by atoms with Gasteiger partial charge in [-0.15, -0.1) is 0 Å². The number of hydrogen-bond acceptors (Lipinski definition) is 3. The highest BCUT2D eigenvalue weighted by Gasteiger charge is 2.32. The van der Waals surface area contributed by atoms with Gasteiger partial charge in [-0.2, -0.15) is 5.10 Å². The Morgan fingerprint density at radius 1 is 1.30 bits per heavy atom. The Labute approximate surface area is 123 Å². The second kappa shape index (κ2) is 6.17. The van der Waals surface area contributed by atoms with Crippen molar-refractivity contribution in [3.8, 4) is 0 Å². The van der Waals surface area contributed by atoms with Crippen molar-refractivity contribution in [3.05, 3.63) is 11.3 Å². The van der Waals surface area contributed by atoms with Crippen LogP contribution in [0.3, 0.4) is 0 Å². The molecule has 114 valence electrons. The van der Waals surface area contributed by atoms with Gasteiger partial charge in [0.15, 0.2) is 0 Å². The monoisotopic (exact) mass is 278 g/mol. The van der Waals surface area contributed by atoms with Crippen molar-refractivity contribution < 1.29 is 0 Å². The quantitative estimate of drug-likeness (QED) is 0.919. The molecule has 1 aliphatic heterocycles. The van der Waals surface area contributed by atoms with Crippen molar-refractivity contribution in [1.29, 1.82) is 0 Å². The van der Waals surface area contributed by atoms with Crippen LogP contribution >= 0.6 is 0 Å². The van der Waals surface area contributed by atoms with Crippen molar-refractivity contribution in [2.75, 3.05) is 18.0 Å². The Bertz CT molecular complexity index is 452. The fraction of sp³-hybridized carbons (Fsp3) is 0.812. The largest absolute Gasteiger partial charge is 0.353 e. The summed E-state index contributed by atoms with van der Waals surface area (Å²) in [7, 11) is 2.08. The molecule has 0 amide bonds. The van der Waals surface area contributed by atoms with E-state index in [1.807, 2.05) is 0 Å². The number of piperidine rings is 1. The Morgan fingerprint density at radius 2 is 2.00 bits per heavy atom. The summed E-state index contributed by atoms with van der Waals surface area (Å²) in [6.07, 6.45) is 1.33. The van der Waals surface area contributed by atoms with Gasteiger partial charge in [0, 0.05) is 31.7 Å². The lowest BCUT2D eigenvalue weighted by molar-refractivity contribution is 0.293. The molecular formula is C16H30N4. The van der Waals surface area contributed by atoms with E-state index in [9.17, 15) is 0 Å². The van der Waals surface area contributed by atoms with Gasteiger partial charge in [-0.05, 0) is 38.6 Å². The van der Waals surface area contributed by atoms with Gasteiger partial charge < -0.3 is 10.2 Å². The maximum Gasteiger partial charge on any atom is 0.131 e. The number of aryl methyl sites for hydroxylation is 2. The van der Waals surface area contributed by atoms with Crippen molar-refractivity contribution in [2.45, 2.75) is 53.6 Å². The van der Waals surface area contributed by atoms with Crippen molar-refractivity contribution in [2.24, 2.45) is 18.9 Å². The molecule has 0 aliphatic carbocycles. The molecule has 0 spiro atoms. The Balaban J connectivity index is 2.34. The van der Waals surface area contributed by atoms with Crippen LogP contribution in [0, 0.1) is 18.8 Å². The molecule has 4 heteroatoms. The van der Waals surface area contributed by atoms with Crippen LogP contribution in [0.25, 0.3) is 0 Å². The Morgan fingerprint density at radius 3 is 2.65 bits per heavy atom. The lowest BCUT2D eigenvalue weighted by Crippen LogP contribution is -2.47. The van der Waals surface area contributed by atoms with Crippen LogP contribution in [0.1, 0.15) is 45.4 Å². The average Bonchev–Trinajstić information content (AvgIpc) is 2.66. The highest BCUT2D eigenvalue weighted by molar-refractivity contribution is 5.51. The molecule has 3 atom stereocenters. The molecule has 3 unspecified atom stereocenters. The molecule has 1 aromatic rings. The van der Waals surface area contributed by atoms with Gasteiger partial charge in [0.25, 0.3) is 0 Å². The van der Waals surface area contributed by atoms with Crippen molar-refractivity contribution in [3.63, 3.8) is 0 Å². The zero-order valence-corrected chi connectivity index (χ0v) is 13.9. The molecule has 1 aromatic heterocycles. The topological polar surface area (TPSA) is 33.1 Å². The molecule has 2 heterocycles. The zero-order chi connectivity index (χ0) is 14.9. The third-order valence-electron chi connectivity index (χ3n) is 4.73. The minimum absolute atomic E-state index is 0.585. The van der Waals surface area contributed by atoms with Crippen LogP contribution in [0.2, 0.25) is 0 Å². The van der Waals surface area contributed by atoms with Crippen LogP contribution in [0.5, 0.6) is 0 Å². The molecule has 1 saturated heterocycles. The number of aromatic nitrogens is 2. The Kier molecular flexibility index (Phi) is 4.74. The third-order valence-corrected chi connectivity index (χ3v) is 4.73. The van der Waals surface area contributed by atoms with Crippen LogP contribution in [0.4, 0.5) is 5.82 Å². The number of nitrogens with one attached hydrogen (secondary N) is 1. The maximum absolute atomic E-state index is 4.66. The summed E-state index contributed by atoms with van der Waals surface area (Å²) in [6, 6.07) is 0.585. The van der Waals surface area contributed by atoms with Crippen molar-refractivity contribution in [1.82, 2.24) is 15.1 Å². The fourth-order valence-electron chi connectivity index (χ4n) is 3.50. The second-order valence-corrected chi connectivity index (χ2v) is 6.50. The molecule has 4 nitrogen and oxygen atoms in total. The Hall–Kier alpha value is -1.03. The molecule has 0 saturated carbocycles. The summed E-state index contributed by atoms with van der Waals surface area (Å²) in [6.45, 7) is 14.4. The van der Waals surface area contributed by atoms with E-state index < -0.39 is 0 Å². The standard InChI is InChI=1S/C16H30N4/c1-7-17-9-15-13(4)18-19(6)16(15)20-10-11(2)8-12(3)14(20)5/h11-12,14,17H,7-10H2,1-6H3. The third kappa shape index (κ3) is 2.85. The number of anilines is 1. The van der Waals surface area contributed by atoms with Gasteiger partial charge in [0.1, 0.15) is 5.82 Å². The average molecular weight is 278 g/mol. The van der Waals surface area contributed by atoms with Gasteiger partial charge in [-0.25, -0.2) is 0 Å². The summed E-state index contributed by atoms with van der Waals surface area (Å²) in [5, 5.41) is 8.11. The van der Waals surface area contributed by atoms with E-state index in [2.05, 4.69) is 61.7 Å². The first-order valence-corrected chi connectivity index (χ1v) is 7.95. The van der Waals surface area contributed by atoms with Gasteiger partial charge in [0.2, 0.25) is 0 Å². The van der Waals surface area contributed by atoms with E-state index in [1.54, 1.807) is 0 Å². The minimum atomic E-state index is 0.585. The molecule has 20 heavy (non-hydrogen) atoms. The van der Waals surface area contributed by atoms with E-state index in [0.29, 0.717) is 6.04 Å². The van der Waals surface area contributed by atoms with Gasteiger partial charge in [-0.1, -0.05) is 20.8 Å². The van der Waals surface area contributed by atoms with Crippen LogP contribution in [-0.2, 0) is 13.6 Å². The predicted molar refractivity (Wildman–Crippen MR) is 85.1 cm³/mol. The highest BCUT2D eigenvalue weighted by Crippen LogP contribution is 2.33. The number of nitrogens with zero attached hydrogens (tertiary/aromatic N) is 3. The lowest BCUT2D eigenvalue weighted by Gasteiger charge is -2.42. The SMILES string of the molecule is CCNCc1c(C)nn(C)c1N1CC(C)CC(C)C1C. The molecule has 0 radical (unpaired) electrons. The number of rotatable bonds is 4. The highest BCUT2D eigenvalue weighted by atomic mass is 15.4. The minimum Gasteiger partial charge on any atom is -0.353 e. The molecule has 1 N–H and O–H groups in total. The fourth-order valence-corrected chi connectivity index (χ4v) is 3.50. The first-order valence-electron chi connectivity index (χ1n) is 7.95. The van der Waals surface area contributed by atoms with E-state index in [4.69, 9.17) is 0 Å². The maximum atomic E-state index is 4.66. The second-order valence-electron chi connectivity index (χ2n) is 6.50. The first-order chi connectivity index (χ1) is 9.45. The van der Waals surface area contributed by atoms with Crippen LogP contribution in [-0.4, -0.2) is 28.9 Å². The van der Waals surface area contributed by atoms with E-state index in [1.165, 1.54) is 17.8 Å². The van der Waals surface area contributed by atoms with Gasteiger partial charge in [0.05, 0.1) is 5.69 Å². The predicted octanol–water partition coefficient (Wildman–Crippen LogP) is 2.71. The summed E-state index contributed by atoms with van der Waals surface area (Å²) < 4.78 is 2.07. The molecule has 0 aromatic carbocycles. The summed E-state index contributed by atoms with van der Waals surface area (Å²) in [5.74, 6) is 2.80. The molecule has 0 bridgehead atoms. The van der Waals surface area contributed by atoms with Gasteiger partial charge in [-0.3, -0.25) is 4.68 Å². The van der Waals surface area contributed by atoms with Crippen LogP contribution in [0.15, 0.2) is 0 Å². The summed E-state index contributed by atoms with van der Waals surface area (Å²) >= 11 is 0. The lowest BCUT2D eigenvalue weighted by atomic mass is 9.86. The molecule has 2 rings (SSSR count).